The summed E-state index contributed by atoms with van der Waals surface area (Å²) in [4.78, 5) is 15.9. The second kappa shape index (κ2) is 3.89. The van der Waals surface area contributed by atoms with E-state index in [2.05, 4.69) is 32.6 Å². The monoisotopic (exact) mass is 198 g/mol. The molecule has 82 valence electrons. The van der Waals surface area contributed by atoms with E-state index in [-0.39, 0.29) is 11.4 Å². The number of piperazine rings is 1. The molecule has 1 aliphatic heterocycles. The van der Waals surface area contributed by atoms with Crippen LogP contribution in [-0.2, 0) is 4.79 Å². The highest BCUT2D eigenvalue weighted by atomic mass is 16.2. The standard InChI is InChI=1S/C11H22N2O/c1-6-12-7-9(2)13(8-10(12)14)11(3,4)5/h9H,6-8H2,1-5H3. The number of rotatable bonds is 1. The van der Waals surface area contributed by atoms with Crippen molar-refractivity contribution in [1.29, 1.82) is 0 Å². The fourth-order valence-corrected chi connectivity index (χ4v) is 2.12. The zero-order valence-corrected chi connectivity index (χ0v) is 10.0. The lowest BCUT2D eigenvalue weighted by atomic mass is 10.0. The van der Waals surface area contributed by atoms with Crippen molar-refractivity contribution in [3.8, 4) is 0 Å². The number of carbonyl (C=O) groups excluding carboxylic acids is 1. The second-order valence-corrected chi connectivity index (χ2v) is 5.08. The van der Waals surface area contributed by atoms with Gasteiger partial charge in [-0.15, -0.1) is 0 Å². The topological polar surface area (TPSA) is 23.6 Å². The third-order valence-corrected chi connectivity index (χ3v) is 2.92. The van der Waals surface area contributed by atoms with Gasteiger partial charge < -0.3 is 4.90 Å². The minimum Gasteiger partial charge on any atom is -0.340 e. The van der Waals surface area contributed by atoms with Crippen LogP contribution in [0, 0.1) is 0 Å². The zero-order valence-electron chi connectivity index (χ0n) is 10.0. The van der Waals surface area contributed by atoms with E-state index in [4.69, 9.17) is 0 Å². The number of amides is 1. The Labute approximate surface area is 87.1 Å². The average Bonchev–Trinajstić information content (AvgIpc) is 2.06. The lowest BCUT2D eigenvalue weighted by Gasteiger charge is -2.46. The summed E-state index contributed by atoms with van der Waals surface area (Å²) in [5, 5.41) is 0. The molecule has 1 rings (SSSR count). The lowest BCUT2D eigenvalue weighted by molar-refractivity contribution is -0.141. The minimum atomic E-state index is 0.0922. The van der Waals surface area contributed by atoms with Crippen LogP contribution in [0.1, 0.15) is 34.6 Å². The Morgan fingerprint density at radius 3 is 2.43 bits per heavy atom. The molecule has 0 saturated carbocycles. The molecule has 1 amide bonds. The van der Waals surface area contributed by atoms with Crippen LogP contribution in [0.15, 0.2) is 0 Å². The van der Waals surface area contributed by atoms with Crippen LogP contribution in [0.3, 0.4) is 0 Å². The van der Waals surface area contributed by atoms with Crippen molar-refractivity contribution in [3.63, 3.8) is 0 Å². The van der Waals surface area contributed by atoms with Gasteiger partial charge in [0.15, 0.2) is 0 Å². The van der Waals surface area contributed by atoms with E-state index in [9.17, 15) is 4.79 Å². The van der Waals surface area contributed by atoms with Crippen molar-refractivity contribution >= 4 is 5.91 Å². The summed E-state index contributed by atoms with van der Waals surface area (Å²) in [6.45, 7) is 13.0. The van der Waals surface area contributed by atoms with Crippen LogP contribution in [0.4, 0.5) is 0 Å². The van der Waals surface area contributed by atoms with E-state index >= 15 is 0 Å². The molecule has 0 N–H and O–H groups in total. The highest BCUT2D eigenvalue weighted by Gasteiger charge is 2.34. The molecule has 0 radical (unpaired) electrons. The maximum Gasteiger partial charge on any atom is 0.236 e. The van der Waals surface area contributed by atoms with E-state index in [0.717, 1.165) is 13.1 Å². The number of carbonyl (C=O) groups is 1. The molecule has 3 nitrogen and oxygen atoms in total. The highest BCUT2D eigenvalue weighted by Crippen LogP contribution is 2.21. The van der Waals surface area contributed by atoms with Gasteiger partial charge in [0, 0.05) is 24.7 Å². The molecule has 1 unspecified atom stereocenters. The summed E-state index contributed by atoms with van der Waals surface area (Å²) in [5.74, 6) is 0.264. The van der Waals surface area contributed by atoms with Gasteiger partial charge in [-0.3, -0.25) is 9.69 Å². The van der Waals surface area contributed by atoms with Crippen LogP contribution >= 0.6 is 0 Å². The Hall–Kier alpha value is -0.570. The van der Waals surface area contributed by atoms with E-state index in [1.165, 1.54) is 0 Å². The molecule has 0 aromatic heterocycles. The molecule has 1 saturated heterocycles. The maximum absolute atomic E-state index is 11.7. The van der Waals surface area contributed by atoms with E-state index < -0.39 is 0 Å². The number of likely N-dealkylation sites (N-methyl/N-ethyl adjacent to an activating group) is 1. The molecule has 1 atom stereocenters. The Morgan fingerprint density at radius 2 is 2.00 bits per heavy atom. The summed E-state index contributed by atoms with van der Waals surface area (Å²) in [6.07, 6.45) is 0. The molecule has 0 aromatic rings. The van der Waals surface area contributed by atoms with Crippen molar-refractivity contribution in [2.75, 3.05) is 19.6 Å². The first-order valence-corrected chi connectivity index (χ1v) is 5.40. The predicted octanol–water partition coefficient (Wildman–Crippen LogP) is 1.34. The fourth-order valence-electron chi connectivity index (χ4n) is 2.12. The van der Waals surface area contributed by atoms with Gasteiger partial charge in [0.2, 0.25) is 5.91 Å². The van der Waals surface area contributed by atoms with Gasteiger partial charge in [-0.25, -0.2) is 0 Å². The van der Waals surface area contributed by atoms with Crippen LogP contribution in [-0.4, -0.2) is 46.9 Å². The summed E-state index contributed by atoms with van der Waals surface area (Å²) in [5.41, 5.74) is 0.0922. The van der Waals surface area contributed by atoms with E-state index in [1.807, 2.05) is 11.8 Å². The quantitative estimate of drug-likeness (QED) is 0.635. The van der Waals surface area contributed by atoms with E-state index in [0.29, 0.717) is 12.6 Å². The molecule has 0 bridgehead atoms. The normalized spacial score (nSPS) is 25.6. The summed E-state index contributed by atoms with van der Waals surface area (Å²) in [7, 11) is 0. The fraction of sp³-hybridized carbons (Fsp3) is 0.909. The SMILES string of the molecule is CCN1CC(C)N(C(C)(C)C)CC1=O. The Morgan fingerprint density at radius 1 is 1.43 bits per heavy atom. The van der Waals surface area contributed by atoms with Gasteiger partial charge in [-0.1, -0.05) is 0 Å². The molecule has 3 heteroatoms. The Bertz CT molecular complexity index is 220. The van der Waals surface area contributed by atoms with Gasteiger partial charge in [0.25, 0.3) is 0 Å². The van der Waals surface area contributed by atoms with Crippen LogP contribution in [0.2, 0.25) is 0 Å². The first-order chi connectivity index (χ1) is 6.36. The van der Waals surface area contributed by atoms with Crippen molar-refractivity contribution in [2.24, 2.45) is 0 Å². The molecule has 1 aliphatic rings. The van der Waals surface area contributed by atoms with Crippen LogP contribution < -0.4 is 0 Å². The molecule has 0 aliphatic carbocycles. The molecule has 1 fully saturated rings. The third-order valence-electron chi connectivity index (χ3n) is 2.92. The van der Waals surface area contributed by atoms with Gasteiger partial charge in [0.05, 0.1) is 6.54 Å². The molecular formula is C11H22N2O. The molecular weight excluding hydrogens is 176 g/mol. The van der Waals surface area contributed by atoms with Crippen molar-refractivity contribution in [3.05, 3.63) is 0 Å². The maximum atomic E-state index is 11.7. The molecule has 1 heterocycles. The van der Waals surface area contributed by atoms with Crippen LogP contribution in [0.25, 0.3) is 0 Å². The zero-order chi connectivity index (χ0) is 10.9. The number of hydrogen-bond acceptors (Lipinski definition) is 2. The lowest BCUT2D eigenvalue weighted by Crippen LogP contribution is -2.60. The summed E-state index contributed by atoms with van der Waals surface area (Å²) >= 11 is 0. The highest BCUT2D eigenvalue weighted by molar-refractivity contribution is 5.79. The predicted molar refractivity (Wildman–Crippen MR) is 58.2 cm³/mol. The molecule has 14 heavy (non-hydrogen) atoms. The molecule has 0 spiro atoms. The van der Waals surface area contributed by atoms with Gasteiger partial charge in [-0.2, -0.15) is 0 Å². The van der Waals surface area contributed by atoms with E-state index in [1.54, 1.807) is 0 Å². The van der Waals surface area contributed by atoms with Gasteiger partial charge >= 0.3 is 0 Å². The van der Waals surface area contributed by atoms with Crippen molar-refractivity contribution in [1.82, 2.24) is 9.80 Å². The summed E-state index contributed by atoms with van der Waals surface area (Å²) in [6, 6.07) is 0.465. The third kappa shape index (κ3) is 2.27. The smallest absolute Gasteiger partial charge is 0.236 e. The Balaban J connectivity index is 2.72. The van der Waals surface area contributed by atoms with Gasteiger partial charge in [0.1, 0.15) is 0 Å². The Kier molecular flexibility index (Phi) is 3.20. The number of nitrogens with zero attached hydrogens (tertiary/aromatic N) is 2. The first kappa shape index (κ1) is 11.5. The average molecular weight is 198 g/mol. The minimum absolute atomic E-state index is 0.0922. The van der Waals surface area contributed by atoms with Crippen molar-refractivity contribution in [2.45, 2.75) is 46.2 Å². The summed E-state index contributed by atoms with van der Waals surface area (Å²) < 4.78 is 0. The van der Waals surface area contributed by atoms with Gasteiger partial charge in [-0.05, 0) is 34.6 Å². The van der Waals surface area contributed by atoms with Crippen LogP contribution in [0.5, 0.6) is 0 Å². The van der Waals surface area contributed by atoms with Crippen molar-refractivity contribution < 1.29 is 4.79 Å². The first-order valence-electron chi connectivity index (χ1n) is 5.40. The largest absolute Gasteiger partial charge is 0.340 e. The number of hydrogen-bond donors (Lipinski definition) is 0. The second-order valence-electron chi connectivity index (χ2n) is 5.08. The molecule has 0 aromatic carbocycles.